The first-order valence-corrected chi connectivity index (χ1v) is 38.0. The molecule has 1 N–H and O–H groups in total. The highest BCUT2D eigenvalue weighted by molar-refractivity contribution is 7.94. The van der Waals surface area contributed by atoms with E-state index in [4.69, 9.17) is 0 Å². The van der Waals surface area contributed by atoms with Crippen molar-refractivity contribution in [2.45, 2.75) is 256 Å². The summed E-state index contributed by atoms with van der Waals surface area (Å²) in [6.45, 7) is 55.1. The molecule has 0 aromatic heterocycles. The van der Waals surface area contributed by atoms with Crippen LogP contribution in [-0.4, -0.2) is 167 Å². The number of hydrogen-bond acceptors (Lipinski definition) is 12. The largest absolute Gasteiger partial charge is 0.259 e. The number of sulfonamides is 3. The third-order valence-electron chi connectivity index (χ3n) is 10.5. The summed E-state index contributed by atoms with van der Waals surface area (Å²) >= 11 is 0. The molecule has 0 aliphatic heterocycles. The monoisotopic (exact) mass is 1230 g/mol. The number of sulfone groups is 1. The van der Waals surface area contributed by atoms with E-state index in [9.17, 15) is 46.3 Å². The number of nitrogens with zero attached hydrogens (tertiary/aromatic N) is 4. The predicted molar refractivity (Wildman–Crippen MR) is 339 cm³/mol. The smallest absolute Gasteiger partial charge is 0.216 e. The zero-order valence-electron chi connectivity index (χ0n) is 54.7. The maximum atomic E-state index is 11.9. The van der Waals surface area contributed by atoms with Crippen LogP contribution in [0.3, 0.4) is 0 Å². The van der Waals surface area contributed by atoms with Gasteiger partial charge in [0.15, 0.2) is 9.84 Å². The lowest BCUT2D eigenvalue weighted by Gasteiger charge is -2.22. The van der Waals surface area contributed by atoms with Crippen LogP contribution >= 0.6 is 0 Å². The van der Waals surface area contributed by atoms with Gasteiger partial charge in [0, 0.05) is 94.1 Å². The number of hydrogen-bond donors (Lipinski definition) is 1. The van der Waals surface area contributed by atoms with Crippen LogP contribution in [0.4, 0.5) is 0 Å². The van der Waals surface area contributed by atoms with Crippen LogP contribution in [0.2, 0.25) is 0 Å². The molecule has 0 amide bonds. The van der Waals surface area contributed by atoms with Gasteiger partial charge in [0.2, 0.25) is 30.1 Å². The first-order chi connectivity index (χ1) is 33.7. The van der Waals surface area contributed by atoms with Gasteiger partial charge in [0.25, 0.3) is 0 Å². The van der Waals surface area contributed by atoms with Crippen molar-refractivity contribution in [1.29, 1.82) is 0 Å². The summed E-state index contributed by atoms with van der Waals surface area (Å²) in [6.07, 6.45) is 1.87. The van der Waals surface area contributed by atoms with Gasteiger partial charge in [0.05, 0.1) is 37.7 Å². The predicted octanol–water partition coefficient (Wildman–Crippen LogP) is 10.9. The molecule has 0 aromatic carbocycles. The zero-order chi connectivity index (χ0) is 62.8. The van der Waals surface area contributed by atoms with Crippen molar-refractivity contribution < 1.29 is 46.3 Å². The van der Waals surface area contributed by atoms with Gasteiger partial charge in [-0.3, -0.25) is 4.21 Å². The van der Waals surface area contributed by atoms with Crippen molar-refractivity contribution in [2.24, 2.45) is 34.0 Å². The van der Waals surface area contributed by atoms with Crippen molar-refractivity contribution in [3.63, 3.8) is 0 Å². The Morgan fingerprint density at radius 2 is 0.855 bits per heavy atom. The third-order valence-corrected chi connectivity index (χ3v) is 25.9. The minimum atomic E-state index is -3.05. The van der Waals surface area contributed by atoms with Gasteiger partial charge in [-0.15, -0.1) is 0 Å². The fraction of sp³-hybridized carbons (Fsp3) is 1.00. The van der Waals surface area contributed by atoms with Crippen LogP contribution in [0.15, 0.2) is 4.36 Å². The summed E-state index contributed by atoms with van der Waals surface area (Å²) in [6, 6.07) is 0.0369. The second kappa shape index (κ2) is 44.5. The Labute approximate surface area is 480 Å². The van der Waals surface area contributed by atoms with Crippen LogP contribution in [0.5, 0.6) is 0 Å². The molecule has 16 nitrogen and oxygen atoms in total. The molecule has 0 fully saturated rings. The second-order valence-corrected chi connectivity index (χ2v) is 41.1. The van der Waals surface area contributed by atoms with Crippen LogP contribution < -0.4 is 4.72 Å². The average Bonchev–Trinajstić information content (AvgIpc) is 3.23. The highest BCUT2D eigenvalue weighted by Crippen LogP contribution is 2.12. The summed E-state index contributed by atoms with van der Waals surface area (Å²) in [4.78, 5) is 0. The van der Waals surface area contributed by atoms with Crippen LogP contribution in [0, 0.1) is 29.6 Å². The lowest BCUT2D eigenvalue weighted by atomic mass is 10.2. The summed E-state index contributed by atoms with van der Waals surface area (Å²) < 4.78 is 136. The Bertz CT molecular complexity index is 2080. The maximum absolute atomic E-state index is 11.9. The van der Waals surface area contributed by atoms with Gasteiger partial charge in [-0.1, -0.05) is 96.9 Å². The SMILES string of the molecule is CC(C)CCS(=O)(=O)C(C)C.CC(C)CCS(=O)C(C)C.CC(C)CN(C)S(=O)(=O)C(C)C.CC(C)CN(C)S(=O)C(C)C.CC(C)N(C)S(=O)(=O)C(C)C.CC(C)NS(=O)(=O)C(C)C.CN=S(=O)(CC(C)C)C(C)C. The van der Waals surface area contributed by atoms with Crippen LogP contribution in [0.1, 0.15) is 207 Å². The Balaban J connectivity index is -0.000000146. The van der Waals surface area contributed by atoms with Crippen molar-refractivity contribution in [3.8, 4) is 0 Å². The van der Waals surface area contributed by atoms with E-state index in [1.807, 2.05) is 94.4 Å². The molecule has 0 radical (unpaired) electrons. The third kappa shape index (κ3) is 48.6. The molecule has 0 spiro atoms. The molecule has 0 saturated heterocycles. The highest BCUT2D eigenvalue weighted by Gasteiger charge is 2.24. The van der Waals surface area contributed by atoms with E-state index in [2.05, 4.69) is 50.6 Å². The standard InChI is InChI=1S/C8H19NO2S.2C8H19NOS.C8H18O2S.C8H18OS.C7H17NO2S.C6H15NO2S/c1-7(2)6-9(5)12(10,11)8(3)4;1-7(2)6-11(10,9-5)8(3)4;1-7(2)6-9(5)11(10)8(3)4;1-7(2)5-6-11(9,10)8(3)4;1-7(2)5-6-10(9)8(3)4;1-6(2)8(5)11(9,10)7(3)4;1-5(2)7-10(8,9)6(3)4/h7-8H,6H2,1-5H3;2*7-8H,6H2,1-5H3;7-8H,5-6H2,1-4H3;7-8H,5-6H2,1-4H3;6-7H,1-5H3;5-7H,1-4H3. The fourth-order valence-electron chi connectivity index (χ4n) is 5.20. The topological polar surface area (TPSA) is 222 Å². The molecule has 470 valence electrons. The van der Waals surface area contributed by atoms with E-state index >= 15 is 0 Å². The van der Waals surface area contributed by atoms with E-state index in [0.717, 1.165) is 30.9 Å². The van der Waals surface area contributed by atoms with Crippen LogP contribution in [0.25, 0.3) is 0 Å². The lowest BCUT2D eigenvalue weighted by molar-refractivity contribution is 0.405. The molecule has 3 unspecified atom stereocenters. The minimum Gasteiger partial charge on any atom is -0.259 e. The normalized spacial score (nSPS) is 14.2. The molecule has 0 aliphatic carbocycles. The van der Waals surface area contributed by atoms with Crippen molar-refractivity contribution in [1.82, 2.24) is 17.6 Å². The molecule has 0 aromatic rings. The molecule has 0 rings (SSSR count). The van der Waals surface area contributed by atoms with Gasteiger partial charge < -0.3 is 0 Å². The van der Waals surface area contributed by atoms with Gasteiger partial charge in [-0.2, -0.15) is 0 Å². The molecular weight excluding hydrogens is 1110 g/mol. The van der Waals surface area contributed by atoms with E-state index in [0.29, 0.717) is 47.1 Å². The van der Waals surface area contributed by atoms with E-state index in [1.165, 1.54) is 8.61 Å². The fourth-order valence-corrected chi connectivity index (χ4v) is 14.1. The van der Waals surface area contributed by atoms with Crippen molar-refractivity contribution >= 4 is 71.4 Å². The molecule has 23 heteroatoms. The lowest BCUT2D eigenvalue weighted by Crippen LogP contribution is -2.37. The van der Waals surface area contributed by atoms with Gasteiger partial charge in [-0.25, -0.2) is 64.1 Å². The van der Waals surface area contributed by atoms with Gasteiger partial charge >= 0.3 is 0 Å². The zero-order valence-corrected chi connectivity index (χ0v) is 60.4. The molecule has 0 saturated carbocycles. The maximum Gasteiger partial charge on any atom is 0.216 e. The molecule has 0 bridgehead atoms. The summed E-state index contributed by atoms with van der Waals surface area (Å²) in [7, 11) is -8.42. The Morgan fingerprint density at radius 3 is 1.05 bits per heavy atom. The molecule has 0 heterocycles. The molecule has 76 heavy (non-hydrogen) atoms. The van der Waals surface area contributed by atoms with E-state index in [-0.39, 0.29) is 43.6 Å². The Kier molecular flexibility index (Phi) is 52.5. The first-order valence-electron chi connectivity index (χ1n) is 27.5. The number of nitrogens with one attached hydrogen (secondary N) is 1. The summed E-state index contributed by atoms with van der Waals surface area (Å²) in [5.41, 5.74) is 0. The minimum absolute atomic E-state index is 0.00704. The second-order valence-electron chi connectivity index (χ2n) is 23.8. The van der Waals surface area contributed by atoms with Gasteiger partial charge in [-0.05, 0) is 146 Å². The van der Waals surface area contributed by atoms with Crippen LogP contribution in [-0.2, 0) is 71.4 Å². The first kappa shape index (κ1) is 89.7. The molecule has 0 aliphatic rings. The Morgan fingerprint density at radius 1 is 0.461 bits per heavy atom. The van der Waals surface area contributed by atoms with E-state index < -0.39 is 71.4 Å². The molecule has 3 atom stereocenters. The molecular formula is C53H125N5O11S7. The summed E-state index contributed by atoms with van der Waals surface area (Å²) in [5, 5.41) is -0.459. The van der Waals surface area contributed by atoms with E-state index in [1.54, 1.807) is 90.4 Å². The van der Waals surface area contributed by atoms with Gasteiger partial charge in [0.1, 0.15) is 0 Å². The Hall–Kier alpha value is -0.110. The average molecular weight is 1230 g/mol. The van der Waals surface area contributed by atoms with Crippen molar-refractivity contribution in [2.75, 3.05) is 58.5 Å². The number of rotatable bonds is 25. The summed E-state index contributed by atoms with van der Waals surface area (Å²) in [5.74, 6) is 4.52. The van der Waals surface area contributed by atoms with Crippen molar-refractivity contribution in [3.05, 3.63) is 0 Å². The highest BCUT2D eigenvalue weighted by atomic mass is 32.2. The quantitative estimate of drug-likeness (QED) is 0.0905.